The number of hydrogen-bond acceptors (Lipinski definition) is 5. The molecular formula is C11H14ClIN4O2. The van der Waals surface area contributed by atoms with Gasteiger partial charge in [0.1, 0.15) is 5.15 Å². The lowest BCUT2D eigenvalue weighted by molar-refractivity contribution is -0.405. The Hall–Kier alpha value is -1.09. The molecule has 0 radical (unpaired) electrons. The van der Waals surface area contributed by atoms with Crippen molar-refractivity contribution < 1.29 is 4.92 Å². The highest BCUT2D eigenvalue weighted by Gasteiger charge is 2.15. The van der Waals surface area contributed by atoms with Crippen LogP contribution in [0.4, 0.5) is 0 Å². The van der Waals surface area contributed by atoms with Gasteiger partial charge in [0, 0.05) is 26.3 Å². The van der Waals surface area contributed by atoms with Crippen molar-refractivity contribution in [2.45, 2.75) is 13.5 Å². The second kappa shape index (κ2) is 7.49. The average Bonchev–Trinajstić information content (AvgIpc) is 2.35. The topological polar surface area (TPSA) is 62.5 Å². The van der Waals surface area contributed by atoms with E-state index in [2.05, 4.69) is 4.98 Å². The van der Waals surface area contributed by atoms with Gasteiger partial charge in [-0.25, -0.2) is 4.98 Å². The Morgan fingerprint density at radius 3 is 2.74 bits per heavy atom. The molecule has 0 atom stereocenters. The Kier molecular flexibility index (Phi) is 6.29. The third kappa shape index (κ3) is 5.19. The van der Waals surface area contributed by atoms with Crippen LogP contribution in [0.5, 0.6) is 0 Å². The molecule has 6 nitrogen and oxygen atoms in total. The van der Waals surface area contributed by atoms with Gasteiger partial charge in [-0.05, 0) is 18.6 Å². The Labute approximate surface area is 130 Å². The highest BCUT2D eigenvalue weighted by Crippen LogP contribution is 2.17. The van der Waals surface area contributed by atoms with Crippen LogP contribution in [0, 0.1) is 10.1 Å². The number of aromatic nitrogens is 1. The van der Waals surface area contributed by atoms with Gasteiger partial charge in [-0.2, -0.15) is 0 Å². The van der Waals surface area contributed by atoms with Gasteiger partial charge in [0.25, 0.3) is 6.20 Å². The summed E-state index contributed by atoms with van der Waals surface area (Å²) in [5, 5.41) is 11.1. The van der Waals surface area contributed by atoms with Crippen LogP contribution in [0.15, 0.2) is 30.4 Å². The summed E-state index contributed by atoms with van der Waals surface area (Å²) in [6, 6.07) is 3.56. The number of hydrogen-bond donors (Lipinski definition) is 0. The summed E-state index contributed by atoms with van der Waals surface area (Å²) in [6.45, 7) is 3.13. The molecule has 1 aromatic heterocycles. The molecule has 0 saturated heterocycles. The summed E-state index contributed by atoms with van der Waals surface area (Å²) >= 11 is 7.74. The summed E-state index contributed by atoms with van der Waals surface area (Å²) in [7, 11) is 1.76. The van der Waals surface area contributed by atoms with E-state index in [9.17, 15) is 10.1 Å². The van der Waals surface area contributed by atoms with Crippen LogP contribution >= 0.6 is 34.5 Å². The first-order valence-electron chi connectivity index (χ1n) is 5.54. The summed E-state index contributed by atoms with van der Waals surface area (Å²) in [5.41, 5.74) is 0.943. The summed E-state index contributed by atoms with van der Waals surface area (Å²) in [4.78, 5) is 16.1. The van der Waals surface area contributed by atoms with E-state index >= 15 is 0 Å². The molecule has 0 aliphatic carbocycles. The lowest BCUT2D eigenvalue weighted by atomic mass is 10.2. The maximum Gasteiger partial charge on any atom is 0.275 e. The largest absolute Gasteiger partial charge is 0.348 e. The Morgan fingerprint density at radius 1 is 1.63 bits per heavy atom. The molecule has 0 aromatic carbocycles. The molecular weight excluding hydrogens is 383 g/mol. The number of halogens is 2. The van der Waals surface area contributed by atoms with Gasteiger partial charge in [-0.1, -0.05) is 17.7 Å². The van der Waals surface area contributed by atoms with Crippen molar-refractivity contribution in [1.29, 1.82) is 0 Å². The van der Waals surface area contributed by atoms with Crippen LogP contribution in [0.1, 0.15) is 12.5 Å². The minimum absolute atomic E-state index is 0.430. The minimum atomic E-state index is -0.451. The highest BCUT2D eigenvalue weighted by atomic mass is 127. The molecule has 0 amide bonds. The molecule has 19 heavy (non-hydrogen) atoms. The zero-order chi connectivity index (χ0) is 14.4. The molecule has 0 bridgehead atoms. The molecule has 0 N–H and O–H groups in total. The molecule has 1 heterocycles. The minimum Gasteiger partial charge on any atom is -0.348 e. The van der Waals surface area contributed by atoms with E-state index in [1.165, 1.54) is 0 Å². The molecule has 8 heteroatoms. The molecule has 0 aliphatic rings. The van der Waals surface area contributed by atoms with Crippen LogP contribution in [-0.4, -0.2) is 31.5 Å². The van der Waals surface area contributed by atoms with E-state index in [1.54, 1.807) is 22.4 Å². The first kappa shape index (κ1) is 16.0. The van der Waals surface area contributed by atoms with Crippen molar-refractivity contribution in [2.24, 2.45) is 0 Å². The smallest absolute Gasteiger partial charge is 0.275 e. The van der Waals surface area contributed by atoms with Crippen LogP contribution in [-0.2, 0) is 6.54 Å². The fraction of sp³-hybridized carbons (Fsp3) is 0.364. The fourth-order valence-corrected chi connectivity index (χ4v) is 2.07. The van der Waals surface area contributed by atoms with E-state index in [4.69, 9.17) is 11.6 Å². The lowest BCUT2D eigenvalue weighted by Gasteiger charge is -2.27. The van der Waals surface area contributed by atoms with E-state index in [-0.39, 0.29) is 0 Å². The van der Waals surface area contributed by atoms with Crippen molar-refractivity contribution in [3.8, 4) is 0 Å². The third-order valence-corrected chi connectivity index (χ3v) is 3.12. The standard InChI is InChI=1S/C11H14ClIN4O2/c1-3-16(11(15(2)13)8-17(18)19)7-9-4-5-10(12)14-6-9/h4-6,8H,3,7H2,1-2H3/b11-8+. The predicted molar refractivity (Wildman–Crippen MR) is 82.2 cm³/mol. The molecule has 104 valence electrons. The lowest BCUT2D eigenvalue weighted by Crippen LogP contribution is -2.29. The maximum atomic E-state index is 10.7. The third-order valence-electron chi connectivity index (χ3n) is 2.40. The number of nitrogens with zero attached hydrogens (tertiary/aromatic N) is 4. The zero-order valence-corrected chi connectivity index (χ0v) is 13.5. The number of nitro groups is 1. The average molecular weight is 397 g/mol. The van der Waals surface area contributed by atoms with Gasteiger partial charge >= 0.3 is 0 Å². The monoisotopic (exact) mass is 396 g/mol. The van der Waals surface area contributed by atoms with Gasteiger partial charge in [-0.3, -0.25) is 13.2 Å². The number of pyridine rings is 1. The van der Waals surface area contributed by atoms with Crippen LogP contribution in [0.3, 0.4) is 0 Å². The van der Waals surface area contributed by atoms with Crippen molar-refractivity contribution in [1.82, 2.24) is 13.0 Å². The first-order valence-corrected chi connectivity index (χ1v) is 6.88. The summed E-state index contributed by atoms with van der Waals surface area (Å²) < 4.78 is 1.69. The fourth-order valence-electron chi connectivity index (χ4n) is 1.53. The molecule has 1 rings (SSSR count). The van der Waals surface area contributed by atoms with E-state index < -0.39 is 4.92 Å². The molecule has 0 spiro atoms. The molecule has 0 aliphatic heterocycles. The van der Waals surface area contributed by atoms with Crippen LogP contribution < -0.4 is 0 Å². The van der Waals surface area contributed by atoms with E-state index in [0.717, 1.165) is 11.8 Å². The second-order valence-electron chi connectivity index (χ2n) is 3.75. The summed E-state index contributed by atoms with van der Waals surface area (Å²) in [6.07, 6.45) is 2.67. The Morgan fingerprint density at radius 2 is 2.32 bits per heavy atom. The first-order chi connectivity index (χ1) is 8.93. The van der Waals surface area contributed by atoms with Crippen LogP contribution in [0.25, 0.3) is 0 Å². The van der Waals surface area contributed by atoms with E-state index in [1.807, 2.05) is 40.8 Å². The zero-order valence-electron chi connectivity index (χ0n) is 10.6. The molecule has 0 fully saturated rings. The van der Waals surface area contributed by atoms with Crippen molar-refractivity contribution in [3.05, 3.63) is 51.2 Å². The predicted octanol–water partition coefficient (Wildman–Crippen LogP) is 2.91. The van der Waals surface area contributed by atoms with E-state index in [0.29, 0.717) is 24.1 Å². The number of rotatable bonds is 6. The van der Waals surface area contributed by atoms with Gasteiger partial charge in [0.2, 0.25) is 0 Å². The summed E-state index contributed by atoms with van der Waals surface area (Å²) in [5.74, 6) is 0.531. The normalized spacial score (nSPS) is 11.3. The van der Waals surface area contributed by atoms with Gasteiger partial charge < -0.3 is 4.90 Å². The van der Waals surface area contributed by atoms with Crippen molar-refractivity contribution >= 4 is 34.5 Å². The Bertz CT molecular complexity index is 464. The quantitative estimate of drug-likeness (QED) is 0.243. The maximum absolute atomic E-state index is 10.7. The van der Waals surface area contributed by atoms with Crippen molar-refractivity contribution in [3.63, 3.8) is 0 Å². The molecule has 0 unspecified atom stereocenters. The molecule has 1 aromatic rings. The molecule has 0 saturated carbocycles. The van der Waals surface area contributed by atoms with Gasteiger partial charge in [0.05, 0.1) is 27.8 Å². The highest BCUT2D eigenvalue weighted by molar-refractivity contribution is 14.1. The van der Waals surface area contributed by atoms with Crippen LogP contribution in [0.2, 0.25) is 5.15 Å². The van der Waals surface area contributed by atoms with Crippen molar-refractivity contribution in [2.75, 3.05) is 13.6 Å². The SMILES string of the molecule is CCN(Cc1ccc(Cl)nc1)/C(=C/[N+](=O)[O-])N(C)I. The van der Waals surface area contributed by atoms with Gasteiger partial charge in [0.15, 0.2) is 5.82 Å². The van der Waals surface area contributed by atoms with Gasteiger partial charge in [-0.15, -0.1) is 0 Å². The Balaban J connectivity index is 2.92. The second-order valence-corrected chi connectivity index (χ2v) is 5.59.